The number of alkyl carbamates (subject to hydrolysis) is 2. The average Bonchev–Trinajstić information content (AvgIpc) is 1.26. The molecule has 11 aliphatic rings. The van der Waals surface area contributed by atoms with Crippen LogP contribution in [-0.2, 0) is 55.6 Å². The lowest BCUT2D eigenvalue weighted by molar-refractivity contribution is -0.159. The summed E-state index contributed by atoms with van der Waals surface area (Å²) in [6.07, 6.45) is -0.219. The van der Waals surface area contributed by atoms with Crippen molar-refractivity contribution in [2.45, 2.75) is 210 Å². The molecular formula is C85H98N8O16S2. The zero-order valence-corrected chi connectivity index (χ0v) is 67.6. The minimum absolute atomic E-state index is 0.0189. The number of Topliss-reactive ketones (excluding diaryl/α,β-unsaturated/α-hetero) is 1. The normalized spacial score (nSPS) is 27.6. The minimum Gasteiger partial charge on any atom is -0.496 e. The first-order chi connectivity index (χ1) is 52.8. The number of carbonyl (C=O) groups excluding carboxylic acids is 5. The molecule has 111 heavy (non-hydrogen) atoms. The van der Waals surface area contributed by atoms with Crippen LogP contribution in [0.25, 0.3) is 11.1 Å². The van der Waals surface area contributed by atoms with Gasteiger partial charge in [-0.25, -0.2) is 19.2 Å². The van der Waals surface area contributed by atoms with Gasteiger partial charge >= 0.3 is 24.1 Å². The van der Waals surface area contributed by atoms with Crippen LogP contribution >= 0.6 is 23.5 Å². The molecule has 0 spiro atoms. The van der Waals surface area contributed by atoms with Gasteiger partial charge in [0.2, 0.25) is 13.6 Å². The van der Waals surface area contributed by atoms with E-state index in [1.54, 1.807) is 74.4 Å². The summed E-state index contributed by atoms with van der Waals surface area (Å²) in [6.45, 7) is 24.2. The van der Waals surface area contributed by atoms with Crippen molar-refractivity contribution in [2.75, 3.05) is 72.4 Å². The number of rotatable bonds is 11. The van der Waals surface area contributed by atoms with Crippen LogP contribution < -0.4 is 29.6 Å². The van der Waals surface area contributed by atoms with Crippen molar-refractivity contribution < 1.29 is 76.4 Å². The topological polar surface area (TPSA) is 282 Å². The summed E-state index contributed by atoms with van der Waals surface area (Å²) < 4.78 is 59.5. The Balaban J connectivity index is 0.000000183. The SMILES string of the molecule is COc1c(C)cc2c(c1C)[C@@H]1C3CC4(O)C(=O)C(C)=C5OCOC5=C4[C@H](COC(=O)C(CSCC4c5ccccc5-c5ccccc54)NC(=O)OC(C)(C)C)N3[C@@H](C#N)[C@H](C2)N1C.COc1c(C)cc2c(c1C)[C@@H]1C3[C@@H]4SCC(NC(=O)OC(C)(C)C)C(=O)OC[C@@H](c5c6c(c(C)c(C)c54)OCO6)N3[C@@H](C#N)[C@H](C2)N1C. The molecule has 2 amide bonds. The summed E-state index contributed by atoms with van der Waals surface area (Å²) >= 11 is 3.12. The largest absolute Gasteiger partial charge is 0.496 e. The maximum atomic E-state index is 14.5. The molecule has 0 saturated carbocycles. The molecule has 24 nitrogen and oxygen atoms in total. The van der Waals surface area contributed by atoms with Crippen LogP contribution in [0.1, 0.15) is 162 Å². The Morgan fingerprint density at radius 3 is 1.86 bits per heavy atom. The van der Waals surface area contributed by atoms with Crippen molar-refractivity contribution in [3.63, 3.8) is 0 Å². The van der Waals surface area contributed by atoms with Crippen molar-refractivity contribution in [3.8, 4) is 46.3 Å². The van der Waals surface area contributed by atoms with E-state index in [-0.39, 0.29) is 109 Å². The number of carbonyl (C=O) groups is 5. The molecular weight excluding hydrogens is 1450 g/mol. The number of benzene rings is 5. The number of hydrogen-bond donors (Lipinski definition) is 3. The number of cyclic esters (lactones) is 1. The Hall–Kier alpha value is -8.99. The van der Waals surface area contributed by atoms with Crippen LogP contribution in [0.15, 0.2) is 83.3 Å². The molecule has 5 fully saturated rings. The third-order valence-electron chi connectivity index (χ3n) is 24.5. The molecule has 5 unspecified atom stereocenters. The Labute approximate surface area is 656 Å². The zero-order valence-electron chi connectivity index (χ0n) is 66.0. The highest BCUT2D eigenvalue weighted by atomic mass is 32.2. The first kappa shape index (κ1) is 77.3. The fraction of sp³-hybridized carbons (Fsp3) is 0.518. The van der Waals surface area contributed by atoms with Gasteiger partial charge in [-0.05, 0) is 200 Å². The number of ketones is 1. The summed E-state index contributed by atoms with van der Waals surface area (Å²) in [4.78, 5) is 77.9. The number of aliphatic hydroxyl groups is 1. The molecule has 586 valence electrons. The molecule has 5 aromatic carbocycles. The van der Waals surface area contributed by atoms with Gasteiger partial charge in [0.05, 0.1) is 50.5 Å². The van der Waals surface area contributed by atoms with Gasteiger partial charge in [-0.2, -0.15) is 22.3 Å². The first-order valence-corrected chi connectivity index (χ1v) is 40.3. The number of likely N-dealkylation sites (N-methyl/N-ethyl adjacent to an activating group) is 2. The zero-order chi connectivity index (χ0) is 79.1. The Morgan fingerprint density at radius 1 is 0.694 bits per heavy atom. The molecule has 3 N–H and O–H groups in total. The highest BCUT2D eigenvalue weighted by molar-refractivity contribution is 7.99. The van der Waals surface area contributed by atoms with Crippen LogP contribution in [0, 0.1) is 64.2 Å². The lowest BCUT2D eigenvalue weighted by atomic mass is 9.64. The summed E-state index contributed by atoms with van der Waals surface area (Å²) in [5, 5.41) is 40.3. The Bertz CT molecular complexity index is 4810. The molecule has 0 radical (unpaired) electrons. The Kier molecular flexibility index (Phi) is 20.3. The van der Waals surface area contributed by atoms with Gasteiger partial charge in [-0.15, -0.1) is 11.8 Å². The summed E-state index contributed by atoms with van der Waals surface area (Å²) in [5.41, 5.74) is 14.5. The highest BCUT2D eigenvalue weighted by Gasteiger charge is 2.66. The van der Waals surface area contributed by atoms with E-state index in [9.17, 15) is 39.6 Å². The van der Waals surface area contributed by atoms with Gasteiger partial charge in [-0.1, -0.05) is 60.7 Å². The maximum Gasteiger partial charge on any atom is 0.408 e. The van der Waals surface area contributed by atoms with Crippen LogP contribution in [0.3, 0.4) is 0 Å². The van der Waals surface area contributed by atoms with Gasteiger partial charge in [-0.3, -0.25) is 24.4 Å². The molecule has 6 bridgehead atoms. The number of methoxy groups -OCH3 is 2. The number of esters is 2. The van der Waals surface area contributed by atoms with E-state index in [0.29, 0.717) is 30.1 Å². The molecule has 2 aliphatic carbocycles. The first-order valence-electron chi connectivity index (χ1n) is 38.1. The number of hydrogen-bond acceptors (Lipinski definition) is 24. The molecule has 9 heterocycles. The lowest BCUT2D eigenvalue weighted by Crippen LogP contribution is -2.74. The Morgan fingerprint density at radius 2 is 1.25 bits per heavy atom. The number of piperazine rings is 2. The van der Waals surface area contributed by atoms with E-state index in [0.717, 1.165) is 67.1 Å². The van der Waals surface area contributed by atoms with E-state index < -0.39 is 89.0 Å². The highest BCUT2D eigenvalue weighted by Crippen LogP contribution is 2.63. The van der Waals surface area contributed by atoms with Crippen LogP contribution in [-0.4, -0.2) is 198 Å². The fourth-order valence-electron chi connectivity index (χ4n) is 20.1. The second-order valence-electron chi connectivity index (χ2n) is 33.1. The summed E-state index contributed by atoms with van der Waals surface area (Å²) in [7, 11) is 7.49. The van der Waals surface area contributed by atoms with Crippen molar-refractivity contribution in [3.05, 3.63) is 161 Å². The monoisotopic (exact) mass is 1550 g/mol. The molecule has 16 rings (SSSR count). The smallest absolute Gasteiger partial charge is 0.408 e. The van der Waals surface area contributed by atoms with Gasteiger partial charge in [0.1, 0.15) is 60.1 Å². The standard InChI is InChI=1S/C49H54N4O9S.C36H44N4O7S/c1-25-17-28-18-35-37(20-50)53-36(41(52(35)7)39(28)26(2)42(25)58-8)19-49(57)40(44-43(60-24-61-44)27(3)45(49)54)38(53)21-59-46(55)34(51-47(56)62-48(4,5)6)23-63-22-33-31-15-11-9-13-29(31)30-14-10-12-16-32(30)33;1-16-10-20-11-22-23(12-37)40-24-13-44-34(41)21(38-35(42)47-36(5,6)7)14-48-33(26-17(2)18(3)31-32(27(24)26)46-15-45-31)29(40)28(39(22)8)25(20)19(4)30(16)43-9/h9-17,33-38,41,57H,18-19,21-24H2,1-8H3,(H,51,56);10,21-24,28-29,33H,11,13-15H2,1-9H3,(H,38,42)/t34?,35-,36?,37-,38-,41-,49?;21?,22-,23-,24-,28+,29?,33+/m00/s1. The summed E-state index contributed by atoms with van der Waals surface area (Å²) in [6, 6.07) is 19.9. The molecule has 0 aromatic heterocycles. The van der Waals surface area contributed by atoms with Gasteiger partial charge < -0.3 is 63.1 Å². The number of fused-ring (bicyclic) bond motifs is 20. The molecule has 26 heteroatoms. The minimum atomic E-state index is -2.07. The van der Waals surface area contributed by atoms with Crippen molar-refractivity contribution in [1.82, 2.24) is 30.2 Å². The molecule has 9 aliphatic heterocycles. The quantitative estimate of drug-likeness (QED) is 0.0818. The van der Waals surface area contributed by atoms with Gasteiger partial charge in [0.15, 0.2) is 34.4 Å². The fourth-order valence-corrected chi connectivity index (χ4v) is 22.8. The molecule has 5 aromatic rings. The van der Waals surface area contributed by atoms with Crippen LogP contribution in [0.5, 0.6) is 23.0 Å². The van der Waals surface area contributed by atoms with E-state index in [1.165, 1.54) is 45.1 Å². The van der Waals surface area contributed by atoms with E-state index in [2.05, 4.69) is 109 Å². The lowest BCUT2D eigenvalue weighted by Gasteiger charge is -2.62. The third-order valence-corrected chi connectivity index (χ3v) is 27.0. The predicted octanol–water partition coefficient (Wildman–Crippen LogP) is 11.5. The number of nitriles is 2. The van der Waals surface area contributed by atoms with Gasteiger partial charge in [0.25, 0.3) is 0 Å². The van der Waals surface area contributed by atoms with E-state index in [1.807, 2.05) is 50.1 Å². The number of amides is 2. The number of nitrogens with one attached hydrogen (secondary N) is 2. The van der Waals surface area contributed by atoms with Gasteiger partial charge in [0, 0.05) is 75.7 Å². The second kappa shape index (κ2) is 29.2. The van der Waals surface area contributed by atoms with E-state index in [4.69, 9.17) is 47.4 Å². The van der Waals surface area contributed by atoms with Crippen molar-refractivity contribution in [2.24, 2.45) is 0 Å². The predicted molar refractivity (Wildman–Crippen MR) is 415 cm³/mol. The van der Waals surface area contributed by atoms with Crippen LogP contribution in [0.4, 0.5) is 9.59 Å². The number of aryl methyl sites for hydroxylation is 2. The number of ether oxygens (including phenoxy) is 10. The van der Waals surface area contributed by atoms with Crippen molar-refractivity contribution in [1.29, 1.82) is 10.5 Å². The molecule has 5 saturated heterocycles. The summed E-state index contributed by atoms with van der Waals surface area (Å²) in [5.74, 6) is 2.78. The maximum absolute atomic E-state index is 14.5. The second-order valence-corrected chi connectivity index (χ2v) is 35.3. The third kappa shape index (κ3) is 12.9. The average molecular weight is 1550 g/mol. The number of nitrogens with zero attached hydrogens (tertiary/aromatic N) is 6. The molecule has 14 atom stereocenters. The number of piperidine rings is 1. The number of thioether (sulfide) groups is 2. The van der Waals surface area contributed by atoms with Crippen LogP contribution in [0.2, 0.25) is 0 Å². The van der Waals surface area contributed by atoms with E-state index >= 15 is 0 Å². The van der Waals surface area contributed by atoms with Crippen molar-refractivity contribution >= 4 is 53.4 Å².